The second-order valence-corrected chi connectivity index (χ2v) is 1.15. The molecule has 0 aliphatic carbocycles. The molecule has 0 fully saturated rings. The Kier molecular flexibility index (Phi) is 3.32. The van der Waals surface area contributed by atoms with Crippen molar-refractivity contribution >= 4 is 18.6 Å². The van der Waals surface area contributed by atoms with Crippen molar-refractivity contribution < 1.29 is 9.53 Å². The molecule has 0 saturated carbocycles. The fraction of sp³-hybridized carbons (Fsp3) is 0.250. The largest absolute Gasteiger partial charge is 0.434 e. The van der Waals surface area contributed by atoms with Gasteiger partial charge in [-0.25, -0.2) is 0 Å². The van der Waals surface area contributed by atoms with E-state index in [0.717, 1.165) is 6.26 Å². The standard InChI is InChI=1S/C4H5O2S/c1-4(5)6-2-3-7/h2-3H,1H3/b3-2+. The molecule has 3 heteroatoms. The van der Waals surface area contributed by atoms with Crippen molar-refractivity contribution in [2.75, 3.05) is 0 Å². The van der Waals surface area contributed by atoms with Crippen LogP contribution in [0.15, 0.2) is 11.7 Å². The first kappa shape index (κ1) is 6.43. The molecular formula is C4H5O2S. The van der Waals surface area contributed by atoms with E-state index < -0.39 is 0 Å². The zero-order valence-electron chi connectivity index (χ0n) is 3.88. The van der Waals surface area contributed by atoms with Crippen LogP contribution in [-0.2, 0) is 9.53 Å². The summed E-state index contributed by atoms with van der Waals surface area (Å²) in [4.78, 5) is 9.88. The molecule has 0 aromatic heterocycles. The Bertz CT molecular complexity index is 87.7. The molecule has 0 rings (SSSR count). The molecular weight excluding hydrogens is 112 g/mol. The van der Waals surface area contributed by atoms with Crippen LogP contribution < -0.4 is 0 Å². The zero-order chi connectivity index (χ0) is 5.70. The van der Waals surface area contributed by atoms with E-state index >= 15 is 0 Å². The van der Waals surface area contributed by atoms with E-state index in [1.165, 1.54) is 12.3 Å². The Balaban J connectivity index is 3.14. The second-order valence-electron chi connectivity index (χ2n) is 0.882. The van der Waals surface area contributed by atoms with E-state index in [4.69, 9.17) is 0 Å². The van der Waals surface area contributed by atoms with Gasteiger partial charge in [0.05, 0.1) is 0 Å². The predicted octanol–water partition coefficient (Wildman–Crippen LogP) is 1.22. The molecule has 0 saturated heterocycles. The summed E-state index contributed by atoms with van der Waals surface area (Å²) in [5.74, 6) is -0.346. The number of hydrogen-bond acceptors (Lipinski definition) is 2. The first-order valence-electron chi connectivity index (χ1n) is 1.71. The van der Waals surface area contributed by atoms with Gasteiger partial charge in [0.2, 0.25) is 0 Å². The third-order valence-corrected chi connectivity index (χ3v) is 0.401. The highest BCUT2D eigenvalue weighted by molar-refractivity contribution is 7.83. The summed E-state index contributed by atoms with van der Waals surface area (Å²) < 4.78 is 4.27. The molecule has 0 aromatic rings. The van der Waals surface area contributed by atoms with Gasteiger partial charge in [-0.05, 0) is 0 Å². The molecule has 0 N–H and O–H groups in total. The minimum atomic E-state index is -0.346. The first-order chi connectivity index (χ1) is 3.27. The number of hydrogen-bond donors (Lipinski definition) is 0. The molecule has 0 bridgehead atoms. The molecule has 0 amide bonds. The third kappa shape index (κ3) is 5.43. The Morgan fingerprint density at radius 2 is 2.43 bits per heavy atom. The summed E-state index contributed by atoms with van der Waals surface area (Å²) in [6.07, 6.45) is 1.16. The van der Waals surface area contributed by atoms with Crippen LogP contribution in [0.5, 0.6) is 0 Å². The normalized spacial score (nSPS) is 9.29. The predicted molar refractivity (Wildman–Crippen MR) is 28.5 cm³/mol. The highest BCUT2D eigenvalue weighted by Gasteiger charge is 1.80. The van der Waals surface area contributed by atoms with Crippen LogP contribution in [0.4, 0.5) is 0 Å². The maximum absolute atomic E-state index is 9.88. The highest BCUT2D eigenvalue weighted by Crippen LogP contribution is 1.79. The Hall–Kier alpha value is -0.570. The van der Waals surface area contributed by atoms with E-state index in [1.54, 1.807) is 0 Å². The lowest BCUT2D eigenvalue weighted by molar-refractivity contribution is -0.135. The van der Waals surface area contributed by atoms with Crippen LogP contribution in [0.1, 0.15) is 6.92 Å². The van der Waals surface area contributed by atoms with Gasteiger partial charge in [-0.3, -0.25) is 4.79 Å². The molecule has 0 unspecified atom stereocenters. The van der Waals surface area contributed by atoms with Gasteiger partial charge in [-0.1, -0.05) is 12.6 Å². The first-order valence-corrected chi connectivity index (χ1v) is 2.18. The summed E-state index contributed by atoms with van der Waals surface area (Å²) >= 11 is 4.31. The second kappa shape index (κ2) is 3.61. The van der Waals surface area contributed by atoms with Gasteiger partial charge in [0.1, 0.15) is 6.26 Å². The molecule has 0 atom stereocenters. The molecule has 1 radical (unpaired) electrons. The minimum absolute atomic E-state index is 0.346. The third-order valence-electron chi connectivity index (χ3n) is 0.290. The molecule has 0 aromatic carbocycles. The number of rotatable bonds is 1. The smallest absolute Gasteiger partial charge is 0.307 e. The van der Waals surface area contributed by atoms with Crippen molar-refractivity contribution in [3.63, 3.8) is 0 Å². The van der Waals surface area contributed by atoms with Crippen LogP contribution in [-0.4, -0.2) is 5.97 Å². The van der Waals surface area contributed by atoms with Gasteiger partial charge in [-0.15, -0.1) is 0 Å². The molecule has 39 valence electrons. The molecule has 0 aliphatic rings. The Morgan fingerprint density at radius 3 is 2.57 bits per heavy atom. The lowest BCUT2D eigenvalue weighted by atomic mass is 10.8. The van der Waals surface area contributed by atoms with Crippen LogP contribution in [0.25, 0.3) is 0 Å². The molecule has 0 spiro atoms. The average molecular weight is 117 g/mol. The van der Waals surface area contributed by atoms with Gasteiger partial charge in [-0.2, -0.15) is 0 Å². The quantitative estimate of drug-likeness (QED) is 0.381. The molecule has 7 heavy (non-hydrogen) atoms. The van der Waals surface area contributed by atoms with E-state index in [-0.39, 0.29) is 5.97 Å². The van der Waals surface area contributed by atoms with Gasteiger partial charge in [0.25, 0.3) is 0 Å². The summed E-state index contributed by atoms with van der Waals surface area (Å²) in [5.41, 5.74) is 0. The average Bonchev–Trinajstić information content (AvgIpc) is 1.61. The fourth-order valence-electron chi connectivity index (χ4n) is 0.124. The van der Waals surface area contributed by atoms with E-state index in [2.05, 4.69) is 17.4 Å². The Morgan fingerprint density at radius 1 is 1.86 bits per heavy atom. The number of ether oxygens (including phenoxy) is 1. The van der Waals surface area contributed by atoms with Crippen molar-refractivity contribution in [3.05, 3.63) is 11.7 Å². The molecule has 0 aliphatic heterocycles. The van der Waals surface area contributed by atoms with E-state index in [9.17, 15) is 4.79 Å². The van der Waals surface area contributed by atoms with Crippen molar-refractivity contribution in [1.29, 1.82) is 0 Å². The summed E-state index contributed by atoms with van der Waals surface area (Å²) in [5, 5.41) is 1.24. The summed E-state index contributed by atoms with van der Waals surface area (Å²) in [6, 6.07) is 0. The molecule has 2 nitrogen and oxygen atoms in total. The minimum Gasteiger partial charge on any atom is -0.434 e. The van der Waals surface area contributed by atoms with Crippen LogP contribution >= 0.6 is 12.6 Å². The van der Waals surface area contributed by atoms with Crippen LogP contribution in [0, 0.1) is 0 Å². The summed E-state index contributed by atoms with van der Waals surface area (Å²) in [6.45, 7) is 1.31. The van der Waals surface area contributed by atoms with E-state index in [0.29, 0.717) is 0 Å². The lowest BCUT2D eigenvalue weighted by Gasteiger charge is -1.84. The maximum Gasteiger partial charge on any atom is 0.307 e. The number of esters is 1. The van der Waals surface area contributed by atoms with Gasteiger partial charge in [0, 0.05) is 12.3 Å². The SMILES string of the molecule is CC(=O)O/C=C/[S]. The van der Waals surface area contributed by atoms with Gasteiger partial charge < -0.3 is 4.74 Å². The lowest BCUT2D eigenvalue weighted by Crippen LogP contribution is -1.88. The van der Waals surface area contributed by atoms with Crippen molar-refractivity contribution in [3.8, 4) is 0 Å². The fourth-order valence-corrected chi connectivity index (χ4v) is 0.179. The van der Waals surface area contributed by atoms with Crippen molar-refractivity contribution in [2.24, 2.45) is 0 Å². The van der Waals surface area contributed by atoms with Gasteiger partial charge >= 0.3 is 5.97 Å². The monoisotopic (exact) mass is 117 g/mol. The zero-order valence-corrected chi connectivity index (χ0v) is 4.70. The Labute approximate surface area is 47.6 Å². The topological polar surface area (TPSA) is 26.3 Å². The molecule has 0 heterocycles. The highest BCUT2D eigenvalue weighted by atomic mass is 32.1. The number of carbonyl (C=O) groups excluding carboxylic acids is 1. The van der Waals surface area contributed by atoms with Crippen molar-refractivity contribution in [2.45, 2.75) is 6.92 Å². The van der Waals surface area contributed by atoms with Crippen LogP contribution in [0.2, 0.25) is 0 Å². The van der Waals surface area contributed by atoms with E-state index in [1.807, 2.05) is 0 Å². The van der Waals surface area contributed by atoms with Gasteiger partial charge in [0.15, 0.2) is 0 Å². The number of carbonyl (C=O) groups is 1. The maximum atomic E-state index is 9.88. The van der Waals surface area contributed by atoms with Crippen LogP contribution in [0.3, 0.4) is 0 Å². The van der Waals surface area contributed by atoms with Crippen molar-refractivity contribution in [1.82, 2.24) is 0 Å². The summed E-state index contributed by atoms with van der Waals surface area (Å²) in [7, 11) is 0.